The van der Waals surface area contributed by atoms with E-state index in [0.717, 1.165) is 22.3 Å². The van der Waals surface area contributed by atoms with Crippen LogP contribution in [-0.4, -0.2) is 19.5 Å². The number of hydrogen-bond donors (Lipinski definition) is 1. The summed E-state index contributed by atoms with van der Waals surface area (Å²) in [5.41, 5.74) is 3.46. The van der Waals surface area contributed by atoms with Gasteiger partial charge in [-0.05, 0) is 36.8 Å². The van der Waals surface area contributed by atoms with E-state index < -0.39 is 0 Å². The number of rotatable bonds is 5. The average molecular weight is 387 g/mol. The van der Waals surface area contributed by atoms with Crippen molar-refractivity contribution in [3.63, 3.8) is 0 Å². The molecule has 29 heavy (non-hydrogen) atoms. The Labute approximate surface area is 164 Å². The third kappa shape index (κ3) is 3.25. The maximum atomic E-state index is 12.0. The predicted molar refractivity (Wildman–Crippen MR) is 108 cm³/mol. The molecule has 1 aromatic carbocycles. The summed E-state index contributed by atoms with van der Waals surface area (Å²) in [6, 6.07) is 11.0. The summed E-state index contributed by atoms with van der Waals surface area (Å²) < 4.78 is 12.6. The third-order valence-electron chi connectivity index (χ3n) is 4.74. The minimum atomic E-state index is -0.379. The van der Waals surface area contributed by atoms with Crippen LogP contribution in [0.2, 0.25) is 0 Å². The van der Waals surface area contributed by atoms with Gasteiger partial charge in [0.25, 0.3) is 0 Å². The van der Waals surface area contributed by atoms with Gasteiger partial charge in [-0.3, -0.25) is 0 Å². The largest absolute Gasteiger partial charge is 0.467 e. The molecular weight excluding hydrogens is 370 g/mol. The van der Waals surface area contributed by atoms with Gasteiger partial charge in [0.1, 0.15) is 23.2 Å². The molecule has 8 nitrogen and oxygen atoms in total. The zero-order valence-electron chi connectivity index (χ0n) is 15.6. The first-order valence-corrected chi connectivity index (χ1v) is 9.13. The second kappa shape index (κ2) is 6.90. The monoisotopic (exact) mass is 387 g/mol. The number of imidazole rings is 1. The van der Waals surface area contributed by atoms with E-state index in [0.29, 0.717) is 35.7 Å². The molecule has 0 spiro atoms. The number of fused-ring (bicyclic) bond motifs is 2. The zero-order valence-corrected chi connectivity index (χ0v) is 15.6. The van der Waals surface area contributed by atoms with E-state index in [4.69, 9.17) is 8.83 Å². The van der Waals surface area contributed by atoms with Gasteiger partial charge >= 0.3 is 5.63 Å². The second-order valence-corrected chi connectivity index (χ2v) is 6.79. The summed E-state index contributed by atoms with van der Waals surface area (Å²) >= 11 is 0. The van der Waals surface area contributed by atoms with Crippen LogP contribution in [0.15, 0.2) is 68.9 Å². The molecular formula is C21H17N5O3. The summed E-state index contributed by atoms with van der Waals surface area (Å²) in [7, 11) is 0. The molecule has 4 aromatic heterocycles. The molecule has 0 radical (unpaired) electrons. The fourth-order valence-corrected chi connectivity index (χ4v) is 3.37. The lowest BCUT2D eigenvalue weighted by atomic mass is 10.1. The van der Waals surface area contributed by atoms with Crippen LogP contribution < -0.4 is 10.9 Å². The highest BCUT2D eigenvalue weighted by atomic mass is 16.4. The summed E-state index contributed by atoms with van der Waals surface area (Å²) in [5, 5.41) is 4.13. The molecule has 0 bridgehead atoms. The molecule has 8 heteroatoms. The third-order valence-corrected chi connectivity index (χ3v) is 4.74. The van der Waals surface area contributed by atoms with E-state index in [1.54, 1.807) is 12.6 Å². The van der Waals surface area contributed by atoms with Gasteiger partial charge in [0, 0.05) is 11.5 Å². The highest BCUT2D eigenvalue weighted by Crippen LogP contribution is 2.23. The van der Waals surface area contributed by atoms with Gasteiger partial charge in [0.05, 0.1) is 25.7 Å². The highest BCUT2D eigenvalue weighted by Gasteiger charge is 2.13. The Balaban J connectivity index is 1.52. The van der Waals surface area contributed by atoms with Crippen molar-refractivity contribution in [3.05, 3.63) is 82.6 Å². The molecule has 0 aliphatic carbocycles. The molecule has 0 saturated carbocycles. The molecule has 0 saturated heterocycles. The summed E-state index contributed by atoms with van der Waals surface area (Å²) in [5.74, 6) is 1.42. The van der Waals surface area contributed by atoms with E-state index in [-0.39, 0.29) is 5.63 Å². The molecule has 0 unspecified atom stereocenters. The summed E-state index contributed by atoms with van der Waals surface area (Å²) in [4.78, 5) is 25.2. The van der Waals surface area contributed by atoms with Crippen LogP contribution in [-0.2, 0) is 13.1 Å². The molecule has 5 rings (SSSR count). The normalized spacial score (nSPS) is 11.3. The van der Waals surface area contributed by atoms with Crippen molar-refractivity contribution in [1.82, 2.24) is 19.5 Å². The van der Waals surface area contributed by atoms with E-state index in [1.165, 1.54) is 12.4 Å². The van der Waals surface area contributed by atoms with Gasteiger partial charge < -0.3 is 18.7 Å². The Hall–Kier alpha value is -3.94. The fourth-order valence-electron chi connectivity index (χ4n) is 3.37. The number of furan rings is 1. The fraction of sp³-hybridized carbons (Fsp3) is 0.143. The molecule has 0 fully saturated rings. The number of anilines is 1. The lowest BCUT2D eigenvalue weighted by molar-refractivity contribution is 0.518. The second-order valence-electron chi connectivity index (χ2n) is 6.79. The molecule has 1 N–H and O–H groups in total. The first kappa shape index (κ1) is 17.2. The van der Waals surface area contributed by atoms with Crippen LogP contribution in [0.5, 0.6) is 0 Å². The van der Waals surface area contributed by atoms with Crippen LogP contribution in [0, 0.1) is 6.92 Å². The van der Waals surface area contributed by atoms with Crippen LogP contribution in [0.1, 0.15) is 16.9 Å². The average Bonchev–Trinajstić information content (AvgIpc) is 3.37. The van der Waals surface area contributed by atoms with E-state index in [9.17, 15) is 4.79 Å². The number of nitrogens with zero attached hydrogens (tertiary/aromatic N) is 4. The number of nitrogens with one attached hydrogen (secondary N) is 1. The molecule has 144 valence electrons. The molecule has 0 atom stereocenters. The van der Waals surface area contributed by atoms with Gasteiger partial charge in [-0.15, -0.1) is 0 Å². The number of benzene rings is 1. The lowest BCUT2D eigenvalue weighted by Gasteiger charge is -2.08. The van der Waals surface area contributed by atoms with Crippen LogP contribution in [0.25, 0.3) is 22.1 Å². The Morgan fingerprint density at radius 2 is 2.07 bits per heavy atom. The van der Waals surface area contributed by atoms with Gasteiger partial charge in [0.15, 0.2) is 11.5 Å². The van der Waals surface area contributed by atoms with Gasteiger partial charge in [-0.25, -0.2) is 19.7 Å². The zero-order chi connectivity index (χ0) is 19.8. The minimum Gasteiger partial charge on any atom is -0.467 e. The Kier molecular flexibility index (Phi) is 4.09. The quantitative estimate of drug-likeness (QED) is 0.461. The van der Waals surface area contributed by atoms with Crippen molar-refractivity contribution >= 4 is 28.0 Å². The summed E-state index contributed by atoms with van der Waals surface area (Å²) in [6.45, 7) is 2.94. The van der Waals surface area contributed by atoms with Gasteiger partial charge in [-0.1, -0.05) is 11.6 Å². The highest BCUT2D eigenvalue weighted by molar-refractivity contribution is 5.84. The maximum Gasteiger partial charge on any atom is 0.336 e. The molecule has 0 amide bonds. The molecule has 5 aromatic rings. The SMILES string of the molecule is Cc1ccc2oc(=O)cc(Cn3cnc4c(NCc5ccco5)ncnc43)c2c1. The maximum absolute atomic E-state index is 12.0. The number of aryl methyl sites for hydroxylation is 1. The molecule has 0 aliphatic rings. The smallest absolute Gasteiger partial charge is 0.336 e. The molecule has 4 heterocycles. The number of hydrogen-bond acceptors (Lipinski definition) is 7. The van der Waals surface area contributed by atoms with Crippen molar-refractivity contribution in [2.24, 2.45) is 0 Å². The summed E-state index contributed by atoms with van der Waals surface area (Å²) in [6.07, 6.45) is 4.82. The van der Waals surface area contributed by atoms with Crippen molar-refractivity contribution in [3.8, 4) is 0 Å². The van der Waals surface area contributed by atoms with E-state index >= 15 is 0 Å². The van der Waals surface area contributed by atoms with Crippen molar-refractivity contribution in [2.45, 2.75) is 20.0 Å². The van der Waals surface area contributed by atoms with Gasteiger partial charge in [-0.2, -0.15) is 0 Å². The van der Waals surface area contributed by atoms with Crippen molar-refractivity contribution in [2.75, 3.05) is 5.32 Å². The molecule has 0 aliphatic heterocycles. The van der Waals surface area contributed by atoms with Crippen LogP contribution in [0.3, 0.4) is 0 Å². The Morgan fingerprint density at radius 3 is 2.93 bits per heavy atom. The number of aromatic nitrogens is 4. The Morgan fingerprint density at radius 1 is 1.14 bits per heavy atom. The first-order chi connectivity index (χ1) is 14.2. The van der Waals surface area contributed by atoms with Crippen LogP contribution in [0.4, 0.5) is 5.82 Å². The first-order valence-electron chi connectivity index (χ1n) is 9.13. The van der Waals surface area contributed by atoms with E-state index in [1.807, 2.05) is 41.8 Å². The van der Waals surface area contributed by atoms with E-state index in [2.05, 4.69) is 20.3 Å². The minimum absolute atomic E-state index is 0.379. The topological polar surface area (TPSA) is 99.0 Å². The standard InChI is InChI=1S/C21H17N5O3/c1-13-4-5-17-16(7-13)14(8-18(27)29-17)10-26-12-25-19-20(23-11-24-21(19)26)22-9-15-3-2-6-28-15/h2-8,11-12H,9-10H2,1H3,(H,22,23,24). The van der Waals surface area contributed by atoms with Gasteiger partial charge in [0.2, 0.25) is 0 Å². The van der Waals surface area contributed by atoms with Crippen molar-refractivity contribution in [1.29, 1.82) is 0 Å². The predicted octanol–water partition coefficient (Wildman–Crippen LogP) is 3.49. The van der Waals surface area contributed by atoms with Crippen LogP contribution >= 0.6 is 0 Å². The Bertz CT molecular complexity index is 1370. The lowest BCUT2D eigenvalue weighted by Crippen LogP contribution is -2.06. The van der Waals surface area contributed by atoms with Crippen molar-refractivity contribution < 1.29 is 8.83 Å².